The van der Waals surface area contributed by atoms with Crippen LogP contribution in [0.3, 0.4) is 0 Å². The Morgan fingerprint density at radius 2 is 1.50 bits per heavy atom. The number of carbonyl (C=O) groups excluding carboxylic acids is 3. The highest BCUT2D eigenvalue weighted by atomic mass is 16.2. The average Bonchev–Trinajstić information content (AvgIpc) is 3.46. The number of carbonyl (C=O) groups is 3. The first-order chi connectivity index (χ1) is 17.4. The van der Waals surface area contributed by atoms with Crippen molar-refractivity contribution in [3.8, 4) is 0 Å². The van der Waals surface area contributed by atoms with E-state index in [1.54, 1.807) is 0 Å². The van der Waals surface area contributed by atoms with Gasteiger partial charge < -0.3 is 5.32 Å². The molecule has 0 bridgehead atoms. The van der Waals surface area contributed by atoms with Crippen LogP contribution in [0.1, 0.15) is 27.8 Å². The minimum atomic E-state index is -1.26. The number of rotatable bonds is 5. The van der Waals surface area contributed by atoms with E-state index in [2.05, 4.69) is 10.6 Å². The Bertz CT molecular complexity index is 1370. The second kappa shape index (κ2) is 8.42. The average molecular weight is 480 g/mol. The molecule has 3 aliphatic rings. The van der Waals surface area contributed by atoms with Gasteiger partial charge in [0.2, 0.25) is 17.7 Å². The predicted octanol–water partition coefficient (Wildman–Crippen LogP) is 3.51. The van der Waals surface area contributed by atoms with Crippen molar-refractivity contribution < 1.29 is 14.4 Å². The number of nitrogens with one attached hydrogen (secondary N) is 2. The van der Waals surface area contributed by atoms with Crippen molar-refractivity contribution in [3.05, 3.63) is 101 Å². The molecule has 3 aromatic carbocycles. The molecule has 4 atom stereocenters. The van der Waals surface area contributed by atoms with Gasteiger partial charge in [0.15, 0.2) is 0 Å². The summed E-state index contributed by atoms with van der Waals surface area (Å²) in [5.74, 6) is -2.08. The predicted molar refractivity (Wildman–Crippen MR) is 137 cm³/mol. The maximum Gasteiger partial charge on any atom is 0.250 e. The van der Waals surface area contributed by atoms with Gasteiger partial charge in [0.1, 0.15) is 5.54 Å². The monoisotopic (exact) mass is 479 g/mol. The van der Waals surface area contributed by atoms with E-state index in [0.717, 1.165) is 33.5 Å². The van der Waals surface area contributed by atoms with Crippen molar-refractivity contribution in [3.63, 3.8) is 0 Å². The van der Waals surface area contributed by atoms with Crippen LogP contribution in [0.2, 0.25) is 0 Å². The molecule has 0 saturated carbocycles. The lowest BCUT2D eigenvalue weighted by Gasteiger charge is -2.29. The number of hydrogen-bond donors (Lipinski definition) is 2. The molecule has 182 valence electrons. The molecule has 1 spiro atoms. The summed E-state index contributed by atoms with van der Waals surface area (Å²) in [6, 6.07) is 23.4. The van der Waals surface area contributed by atoms with Crippen molar-refractivity contribution in [2.75, 3.05) is 11.9 Å². The quantitative estimate of drug-likeness (QED) is 0.549. The molecule has 2 N–H and O–H groups in total. The van der Waals surface area contributed by atoms with Crippen molar-refractivity contribution >= 4 is 23.4 Å². The first-order valence-corrected chi connectivity index (χ1v) is 12.5. The van der Waals surface area contributed by atoms with Gasteiger partial charge in [-0.2, -0.15) is 0 Å². The number of aryl methyl sites for hydroxylation is 1. The lowest BCUT2D eigenvalue weighted by atomic mass is 9.75. The van der Waals surface area contributed by atoms with Gasteiger partial charge >= 0.3 is 0 Å². The standard InChI is InChI=1S/C30H29N3O3/c1-18-13-14-22-26(19(18)2)31-29(36)30(22)25-24(23(32-30)17-21-11-7-4-8-12-21)27(34)33(28(25)35)16-15-20-9-5-3-6-10-20/h3-14,23-25,32H,15-17H2,1-2H3,(H,31,36)/t23-,24+,25+,30-/m0/s1. The summed E-state index contributed by atoms with van der Waals surface area (Å²) in [5, 5.41) is 6.61. The van der Waals surface area contributed by atoms with E-state index in [9.17, 15) is 14.4 Å². The van der Waals surface area contributed by atoms with E-state index < -0.39 is 17.4 Å². The number of likely N-dealkylation sites (tertiary alicyclic amines) is 1. The normalized spacial score (nSPS) is 26.4. The smallest absolute Gasteiger partial charge is 0.250 e. The third-order valence-electron chi connectivity index (χ3n) is 8.28. The lowest BCUT2D eigenvalue weighted by molar-refractivity contribution is -0.142. The van der Waals surface area contributed by atoms with Crippen LogP contribution in [-0.2, 0) is 32.8 Å². The van der Waals surface area contributed by atoms with E-state index in [1.165, 1.54) is 4.90 Å². The summed E-state index contributed by atoms with van der Waals surface area (Å²) in [6.07, 6.45) is 1.14. The number of imide groups is 1. The fourth-order valence-electron chi connectivity index (χ4n) is 6.33. The topological polar surface area (TPSA) is 78.5 Å². The maximum absolute atomic E-state index is 14.0. The molecule has 2 saturated heterocycles. The molecule has 6 rings (SSSR count). The Labute approximate surface area is 210 Å². The molecule has 0 aromatic heterocycles. The highest BCUT2D eigenvalue weighted by Crippen LogP contribution is 2.54. The van der Waals surface area contributed by atoms with Crippen LogP contribution in [0.5, 0.6) is 0 Å². The van der Waals surface area contributed by atoms with Gasteiger partial charge in [0, 0.05) is 23.8 Å². The molecule has 3 heterocycles. The Morgan fingerprint density at radius 3 is 2.19 bits per heavy atom. The van der Waals surface area contributed by atoms with Gasteiger partial charge in [-0.3, -0.25) is 24.6 Å². The Hall–Kier alpha value is -3.77. The first kappa shape index (κ1) is 22.7. The molecule has 3 amide bonds. The second-order valence-electron chi connectivity index (χ2n) is 10.2. The largest absolute Gasteiger partial charge is 0.324 e. The van der Waals surface area contributed by atoms with Gasteiger partial charge in [0.25, 0.3) is 0 Å². The van der Waals surface area contributed by atoms with Crippen LogP contribution in [0.15, 0.2) is 72.8 Å². The number of hydrogen-bond acceptors (Lipinski definition) is 4. The van der Waals surface area contributed by atoms with Crippen LogP contribution in [0.25, 0.3) is 0 Å². The number of nitrogens with zero attached hydrogens (tertiary/aromatic N) is 1. The zero-order valence-electron chi connectivity index (χ0n) is 20.5. The molecule has 2 fully saturated rings. The molecule has 6 nitrogen and oxygen atoms in total. The molecule has 6 heteroatoms. The number of anilines is 1. The molecule has 3 aromatic rings. The summed E-state index contributed by atoms with van der Waals surface area (Å²) in [7, 11) is 0. The van der Waals surface area contributed by atoms with Gasteiger partial charge in [-0.05, 0) is 48.9 Å². The molecule has 0 unspecified atom stereocenters. The summed E-state index contributed by atoms with van der Waals surface area (Å²) in [6.45, 7) is 4.30. The molecule has 0 radical (unpaired) electrons. The van der Waals surface area contributed by atoms with Gasteiger partial charge in [-0.25, -0.2) is 0 Å². The highest BCUT2D eigenvalue weighted by molar-refractivity contribution is 6.15. The number of amides is 3. The van der Waals surface area contributed by atoms with Crippen molar-refractivity contribution in [2.45, 2.75) is 38.3 Å². The second-order valence-corrected chi connectivity index (χ2v) is 10.2. The maximum atomic E-state index is 14.0. The minimum absolute atomic E-state index is 0.184. The molecule has 36 heavy (non-hydrogen) atoms. The van der Waals surface area contributed by atoms with Crippen molar-refractivity contribution in [2.24, 2.45) is 11.8 Å². The first-order valence-electron chi connectivity index (χ1n) is 12.5. The van der Waals surface area contributed by atoms with Crippen LogP contribution in [-0.4, -0.2) is 35.2 Å². The summed E-state index contributed by atoms with van der Waals surface area (Å²) in [4.78, 5) is 42.9. The van der Waals surface area contributed by atoms with E-state index in [4.69, 9.17) is 0 Å². The van der Waals surface area contributed by atoms with Gasteiger partial charge in [-0.15, -0.1) is 0 Å². The van der Waals surface area contributed by atoms with Crippen LogP contribution in [0.4, 0.5) is 5.69 Å². The zero-order valence-corrected chi connectivity index (χ0v) is 20.5. The third kappa shape index (κ3) is 3.24. The van der Waals surface area contributed by atoms with Crippen molar-refractivity contribution in [1.29, 1.82) is 0 Å². The molecular formula is C30H29N3O3. The molecule has 0 aliphatic carbocycles. The molecule has 3 aliphatic heterocycles. The summed E-state index contributed by atoms with van der Waals surface area (Å²) in [5.41, 5.74) is 4.46. The van der Waals surface area contributed by atoms with Gasteiger partial charge in [-0.1, -0.05) is 72.8 Å². The lowest BCUT2D eigenvalue weighted by Crippen LogP contribution is -2.53. The Balaban J connectivity index is 1.42. The highest BCUT2D eigenvalue weighted by Gasteiger charge is 2.70. The minimum Gasteiger partial charge on any atom is -0.324 e. The fraction of sp³-hybridized carbons (Fsp3) is 0.300. The van der Waals surface area contributed by atoms with Crippen LogP contribution < -0.4 is 10.6 Å². The van der Waals surface area contributed by atoms with E-state index in [0.29, 0.717) is 19.4 Å². The van der Waals surface area contributed by atoms with Crippen molar-refractivity contribution in [1.82, 2.24) is 10.2 Å². The summed E-state index contributed by atoms with van der Waals surface area (Å²) < 4.78 is 0. The summed E-state index contributed by atoms with van der Waals surface area (Å²) >= 11 is 0. The Kier molecular flexibility index (Phi) is 5.30. The van der Waals surface area contributed by atoms with E-state index in [-0.39, 0.29) is 23.8 Å². The fourth-order valence-corrected chi connectivity index (χ4v) is 6.33. The van der Waals surface area contributed by atoms with Crippen LogP contribution in [0, 0.1) is 25.7 Å². The third-order valence-corrected chi connectivity index (χ3v) is 8.28. The Morgan fingerprint density at radius 1 is 0.833 bits per heavy atom. The zero-order chi connectivity index (χ0) is 25.0. The molecular weight excluding hydrogens is 450 g/mol. The van der Waals surface area contributed by atoms with E-state index >= 15 is 0 Å². The SMILES string of the molecule is Cc1ccc2c(c1C)NC(=O)[C@]21N[C@@H](Cc2ccccc2)[C@H]2C(=O)N(CCc3ccccc3)C(=O)[C@@H]21. The number of fused-ring (bicyclic) bond motifs is 4. The van der Waals surface area contributed by atoms with E-state index in [1.807, 2.05) is 86.6 Å². The van der Waals surface area contributed by atoms with Gasteiger partial charge in [0.05, 0.1) is 11.8 Å². The number of benzene rings is 3. The van der Waals surface area contributed by atoms with Crippen LogP contribution >= 0.6 is 0 Å².